The number of hydrogen-bond acceptors (Lipinski definition) is 5. The number of rotatable bonds is 3. The van der Waals surface area contributed by atoms with Crippen LogP contribution in [0.2, 0.25) is 0 Å². The largest absolute Gasteiger partial charge is 0.355 e. The molecule has 7 heteroatoms. The van der Waals surface area contributed by atoms with Crippen LogP contribution in [0.5, 0.6) is 0 Å². The van der Waals surface area contributed by atoms with E-state index >= 15 is 0 Å². The van der Waals surface area contributed by atoms with Crippen LogP contribution in [0.3, 0.4) is 0 Å². The number of nitriles is 1. The zero-order valence-electron chi connectivity index (χ0n) is 16.2. The van der Waals surface area contributed by atoms with Crippen LogP contribution in [0.15, 0.2) is 55.2 Å². The van der Waals surface area contributed by atoms with Gasteiger partial charge in [0.2, 0.25) is 0 Å². The Labute approximate surface area is 168 Å². The summed E-state index contributed by atoms with van der Waals surface area (Å²) in [4.78, 5) is 6.96. The summed E-state index contributed by atoms with van der Waals surface area (Å²) in [6, 6.07) is 10.9. The van der Waals surface area contributed by atoms with E-state index in [0.29, 0.717) is 0 Å². The van der Waals surface area contributed by atoms with Gasteiger partial charge in [0, 0.05) is 55.8 Å². The third-order valence-electron chi connectivity index (χ3n) is 5.62. The summed E-state index contributed by atoms with van der Waals surface area (Å²) in [5.41, 5.74) is 5.41. The summed E-state index contributed by atoms with van der Waals surface area (Å²) in [7, 11) is 1.92. The lowest BCUT2D eigenvalue weighted by molar-refractivity contribution is 0.485. The predicted molar refractivity (Wildman–Crippen MR) is 111 cm³/mol. The Morgan fingerprint density at radius 3 is 2.45 bits per heavy atom. The van der Waals surface area contributed by atoms with Crippen molar-refractivity contribution in [3.05, 3.63) is 55.2 Å². The molecule has 5 rings (SSSR count). The highest BCUT2D eigenvalue weighted by molar-refractivity contribution is 5.88. The van der Waals surface area contributed by atoms with Crippen molar-refractivity contribution in [2.75, 3.05) is 18.0 Å². The lowest BCUT2D eigenvalue weighted by Crippen LogP contribution is -2.34. The number of nitrogens with zero attached hydrogens (tertiary/aromatic N) is 7. The second-order valence-electron chi connectivity index (χ2n) is 7.47. The van der Waals surface area contributed by atoms with E-state index in [9.17, 15) is 5.26 Å². The average Bonchev–Trinajstić information content (AvgIpc) is 3.40. The van der Waals surface area contributed by atoms with Crippen LogP contribution in [-0.2, 0) is 7.05 Å². The van der Waals surface area contributed by atoms with Crippen molar-refractivity contribution in [2.24, 2.45) is 13.0 Å². The molecule has 1 fully saturated rings. The van der Waals surface area contributed by atoms with Gasteiger partial charge in [0.15, 0.2) is 5.82 Å². The first-order valence-corrected chi connectivity index (χ1v) is 9.79. The van der Waals surface area contributed by atoms with E-state index in [-0.39, 0.29) is 5.92 Å². The number of aromatic nitrogens is 5. The lowest BCUT2D eigenvalue weighted by atomic mass is 9.98. The van der Waals surface area contributed by atoms with Crippen LogP contribution >= 0.6 is 0 Å². The van der Waals surface area contributed by atoms with Gasteiger partial charge in [0.25, 0.3) is 0 Å². The highest BCUT2D eigenvalue weighted by Crippen LogP contribution is 2.33. The lowest BCUT2D eigenvalue weighted by Gasteiger charge is -2.30. The minimum absolute atomic E-state index is 0.149. The molecular formula is C22H21N7. The molecule has 0 N–H and O–H groups in total. The molecule has 0 amide bonds. The fourth-order valence-corrected chi connectivity index (χ4v) is 4.00. The van der Waals surface area contributed by atoms with E-state index in [1.807, 2.05) is 41.0 Å². The van der Waals surface area contributed by atoms with Gasteiger partial charge in [-0.3, -0.25) is 4.68 Å². The molecule has 0 bridgehead atoms. The van der Waals surface area contributed by atoms with E-state index in [4.69, 9.17) is 0 Å². The molecule has 4 aromatic rings. The van der Waals surface area contributed by atoms with E-state index in [1.165, 1.54) is 0 Å². The first kappa shape index (κ1) is 17.4. The highest BCUT2D eigenvalue weighted by atomic mass is 15.3. The Bertz CT molecular complexity index is 1190. The number of aryl methyl sites for hydroxylation is 1. The van der Waals surface area contributed by atoms with Crippen molar-refractivity contribution >= 4 is 11.3 Å². The van der Waals surface area contributed by atoms with Gasteiger partial charge in [-0.15, -0.1) is 0 Å². The molecule has 0 radical (unpaired) electrons. The van der Waals surface area contributed by atoms with Crippen LogP contribution in [0, 0.1) is 17.2 Å². The second-order valence-corrected chi connectivity index (χ2v) is 7.47. The summed E-state index contributed by atoms with van der Waals surface area (Å²) in [5.74, 6) is 1.09. The van der Waals surface area contributed by atoms with Crippen LogP contribution in [0.1, 0.15) is 12.8 Å². The third kappa shape index (κ3) is 3.13. The smallest absolute Gasteiger partial charge is 0.155 e. The van der Waals surface area contributed by atoms with E-state index in [0.717, 1.165) is 59.5 Å². The normalized spacial score (nSPS) is 15.0. The molecule has 1 aliphatic heterocycles. The van der Waals surface area contributed by atoms with Gasteiger partial charge < -0.3 is 4.90 Å². The maximum Gasteiger partial charge on any atom is 0.155 e. The monoisotopic (exact) mass is 383 g/mol. The van der Waals surface area contributed by atoms with Crippen LogP contribution in [-0.4, -0.2) is 37.5 Å². The molecule has 0 aliphatic carbocycles. The van der Waals surface area contributed by atoms with Crippen molar-refractivity contribution in [3.8, 4) is 28.3 Å². The molecule has 0 atom stereocenters. The zero-order valence-corrected chi connectivity index (χ0v) is 16.2. The van der Waals surface area contributed by atoms with Gasteiger partial charge in [0.05, 0.1) is 18.5 Å². The number of fused-ring (bicyclic) bond motifs is 1. The minimum atomic E-state index is 0.149. The first-order chi connectivity index (χ1) is 14.2. The summed E-state index contributed by atoms with van der Waals surface area (Å²) >= 11 is 0. The molecule has 1 aliphatic rings. The van der Waals surface area contributed by atoms with E-state index < -0.39 is 0 Å². The molecule has 1 saturated heterocycles. The maximum absolute atomic E-state index is 9.18. The Morgan fingerprint density at radius 1 is 1.00 bits per heavy atom. The number of piperidine rings is 1. The van der Waals surface area contributed by atoms with Gasteiger partial charge >= 0.3 is 0 Å². The summed E-state index contributed by atoms with van der Waals surface area (Å²) in [5, 5.41) is 18.0. The number of anilines is 1. The third-order valence-corrected chi connectivity index (χ3v) is 5.62. The molecule has 3 aromatic heterocycles. The summed E-state index contributed by atoms with van der Waals surface area (Å²) < 4.78 is 3.70. The highest BCUT2D eigenvalue weighted by Gasteiger charge is 2.23. The second kappa shape index (κ2) is 7.06. The first-order valence-electron chi connectivity index (χ1n) is 9.79. The van der Waals surface area contributed by atoms with E-state index in [1.54, 1.807) is 6.20 Å². The molecule has 0 unspecified atom stereocenters. The molecule has 29 heavy (non-hydrogen) atoms. The average molecular weight is 383 g/mol. The standard InChI is InChI=1S/C22H21N7/c1-27-15-19(13-25-27)17-2-4-18(5-3-17)20-14-26-29-11-8-24-22(21(20)29)28-9-6-16(12-23)7-10-28/h2-5,8,11,13-16H,6-7,9-10H2,1H3. The molecule has 0 spiro atoms. The van der Waals surface area contributed by atoms with Crippen LogP contribution in [0.25, 0.3) is 27.8 Å². The topological polar surface area (TPSA) is 75.0 Å². The molecule has 0 saturated carbocycles. The fraction of sp³-hybridized carbons (Fsp3) is 0.273. The van der Waals surface area contributed by atoms with Crippen molar-refractivity contribution in [1.29, 1.82) is 5.26 Å². The molecular weight excluding hydrogens is 362 g/mol. The summed E-state index contributed by atoms with van der Waals surface area (Å²) in [6.45, 7) is 1.69. The minimum Gasteiger partial charge on any atom is -0.355 e. The van der Waals surface area contributed by atoms with Crippen LogP contribution < -0.4 is 4.90 Å². The summed E-state index contributed by atoms with van der Waals surface area (Å²) in [6.07, 6.45) is 11.2. The molecule has 7 nitrogen and oxygen atoms in total. The van der Waals surface area contributed by atoms with Gasteiger partial charge in [-0.25, -0.2) is 9.50 Å². The van der Waals surface area contributed by atoms with Crippen LogP contribution in [0.4, 0.5) is 5.82 Å². The van der Waals surface area contributed by atoms with Crippen molar-refractivity contribution < 1.29 is 0 Å². The van der Waals surface area contributed by atoms with E-state index in [2.05, 4.69) is 50.4 Å². The Kier molecular flexibility index (Phi) is 4.24. The van der Waals surface area contributed by atoms with Crippen molar-refractivity contribution in [2.45, 2.75) is 12.8 Å². The van der Waals surface area contributed by atoms with Crippen molar-refractivity contribution in [1.82, 2.24) is 24.4 Å². The predicted octanol–water partition coefficient (Wildman–Crippen LogP) is 3.54. The van der Waals surface area contributed by atoms with Gasteiger partial charge in [-0.1, -0.05) is 24.3 Å². The number of hydrogen-bond donors (Lipinski definition) is 0. The Hall–Kier alpha value is -3.66. The Morgan fingerprint density at radius 2 is 1.76 bits per heavy atom. The maximum atomic E-state index is 9.18. The zero-order chi connectivity index (χ0) is 19.8. The van der Waals surface area contributed by atoms with Crippen molar-refractivity contribution in [3.63, 3.8) is 0 Å². The number of benzene rings is 1. The molecule has 4 heterocycles. The molecule has 1 aromatic carbocycles. The fourth-order valence-electron chi connectivity index (χ4n) is 4.00. The molecule has 144 valence electrons. The van der Waals surface area contributed by atoms with Gasteiger partial charge in [-0.2, -0.15) is 15.5 Å². The quantitative estimate of drug-likeness (QED) is 0.541. The van der Waals surface area contributed by atoms with Gasteiger partial charge in [0.1, 0.15) is 5.52 Å². The SMILES string of the molecule is Cn1cc(-c2ccc(-c3cnn4ccnc(N5CCC(C#N)CC5)c34)cc2)cn1. The van der Waals surface area contributed by atoms with Gasteiger partial charge in [-0.05, 0) is 24.0 Å². The Balaban J connectivity index is 1.52.